The predicted molar refractivity (Wildman–Crippen MR) is 78.5 cm³/mol. The summed E-state index contributed by atoms with van der Waals surface area (Å²) in [7, 11) is 1.44. The highest BCUT2D eigenvalue weighted by Gasteiger charge is 2.40. The molecule has 0 saturated heterocycles. The number of nitrogens with zero attached hydrogens (tertiary/aromatic N) is 2. The smallest absolute Gasteiger partial charge is 0.325 e. The van der Waals surface area contributed by atoms with Gasteiger partial charge in [0.1, 0.15) is 10.6 Å². The van der Waals surface area contributed by atoms with E-state index in [4.69, 9.17) is 4.74 Å². The van der Waals surface area contributed by atoms with Crippen molar-refractivity contribution in [1.29, 1.82) is 0 Å². The van der Waals surface area contributed by atoms with Crippen LogP contribution in [0.2, 0.25) is 0 Å². The molecule has 5 nitrogen and oxygen atoms in total. The number of ether oxygens (including phenoxy) is 1. The van der Waals surface area contributed by atoms with Crippen molar-refractivity contribution in [2.24, 2.45) is 0 Å². The summed E-state index contributed by atoms with van der Waals surface area (Å²) in [5.74, 6) is -0.198. The summed E-state index contributed by atoms with van der Waals surface area (Å²) in [5, 5.41) is 4.52. The number of methoxy groups -OCH3 is 1. The monoisotopic (exact) mass is 295 g/mol. The Labute approximate surface area is 123 Å². The second-order valence-corrected chi connectivity index (χ2v) is 6.88. The zero-order valence-electron chi connectivity index (χ0n) is 12.1. The Morgan fingerprint density at radius 1 is 1.60 bits per heavy atom. The molecule has 1 aromatic heterocycles. The summed E-state index contributed by atoms with van der Waals surface area (Å²) in [6, 6.07) is 0.452. The number of esters is 1. The Bertz CT molecular complexity index is 453. The molecule has 0 spiro atoms. The van der Waals surface area contributed by atoms with Gasteiger partial charge in [0, 0.05) is 23.7 Å². The van der Waals surface area contributed by atoms with E-state index in [2.05, 4.69) is 22.2 Å². The third-order valence-corrected chi connectivity index (χ3v) is 4.31. The zero-order chi connectivity index (χ0) is 14.6. The van der Waals surface area contributed by atoms with Crippen LogP contribution in [0.25, 0.3) is 0 Å². The fourth-order valence-corrected chi connectivity index (χ4v) is 3.35. The molecule has 6 heteroatoms. The highest BCUT2D eigenvalue weighted by molar-refractivity contribution is 7.99. The molecule has 0 radical (unpaired) electrons. The van der Waals surface area contributed by atoms with Gasteiger partial charge in [-0.05, 0) is 26.2 Å². The van der Waals surface area contributed by atoms with Crippen LogP contribution in [0.5, 0.6) is 0 Å². The van der Waals surface area contributed by atoms with E-state index < -0.39 is 5.54 Å². The van der Waals surface area contributed by atoms with Crippen molar-refractivity contribution in [3.05, 3.63) is 18.6 Å². The maximum absolute atomic E-state index is 12.1. The van der Waals surface area contributed by atoms with Crippen molar-refractivity contribution < 1.29 is 9.53 Å². The first-order chi connectivity index (χ1) is 9.53. The molecule has 2 unspecified atom stereocenters. The second kappa shape index (κ2) is 6.54. The fraction of sp³-hybridized carbons (Fsp3) is 0.643. The van der Waals surface area contributed by atoms with Gasteiger partial charge < -0.3 is 4.74 Å². The van der Waals surface area contributed by atoms with E-state index >= 15 is 0 Å². The van der Waals surface area contributed by atoms with Gasteiger partial charge in [0.05, 0.1) is 13.3 Å². The van der Waals surface area contributed by atoms with Crippen molar-refractivity contribution in [3.63, 3.8) is 0 Å². The number of thioether (sulfide) groups is 1. The molecule has 1 heterocycles. The topological polar surface area (TPSA) is 64.1 Å². The fourth-order valence-electron chi connectivity index (χ4n) is 2.27. The average molecular weight is 295 g/mol. The Hall–Kier alpha value is -1.14. The molecule has 2 atom stereocenters. The second-order valence-electron chi connectivity index (χ2n) is 5.42. The van der Waals surface area contributed by atoms with Crippen molar-refractivity contribution in [1.82, 2.24) is 15.3 Å². The molecule has 20 heavy (non-hydrogen) atoms. The van der Waals surface area contributed by atoms with Gasteiger partial charge in [0.25, 0.3) is 0 Å². The van der Waals surface area contributed by atoms with Crippen molar-refractivity contribution >= 4 is 17.7 Å². The third kappa shape index (κ3) is 4.18. The number of nitrogens with one attached hydrogen (secondary N) is 1. The average Bonchev–Trinajstić information content (AvgIpc) is 3.22. The molecule has 1 fully saturated rings. The third-order valence-electron chi connectivity index (χ3n) is 3.29. The molecule has 0 bridgehead atoms. The van der Waals surface area contributed by atoms with E-state index in [1.165, 1.54) is 7.11 Å². The molecule has 2 rings (SSSR count). The van der Waals surface area contributed by atoms with E-state index in [9.17, 15) is 4.79 Å². The van der Waals surface area contributed by atoms with Crippen LogP contribution in [0, 0.1) is 0 Å². The van der Waals surface area contributed by atoms with Crippen LogP contribution in [-0.2, 0) is 9.53 Å². The standard InChI is InChI=1S/C14H21N3O2S/c1-10(20-12-9-15-6-7-16-12)8-14(2,13(18)19-3)17-11-4-5-11/h6-7,9-11,17H,4-5,8H2,1-3H3. The van der Waals surface area contributed by atoms with Crippen LogP contribution in [0.15, 0.2) is 23.6 Å². The maximum atomic E-state index is 12.1. The molecule has 1 N–H and O–H groups in total. The predicted octanol–water partition coefficient (Wildman–Crippen LogP) is 2.03. The normalized spacial score (nSPS) is 19.1. The minimum Gasteiger partial charge on any atom is -0.468 e. The first-order valence-corrected chi connectivity index (χ1v) is 7.70. The minimum atomic E-state index is -0.634. The van der Waals surface area contributed by atoms with Crippen molar-refractivity contribution in [3.8, 4) is 0 Å². The summed E-state index contributed by atoms with van der Waals surface area (Å²) < 4.78 is 4.96. The lowest BCUT2D eigenvalue weighted by Gasteiger charge is -2.30. The number of rotatable bonds is 7. The van der Waals surface area contributed by atoms with Crippen LogP contribution in [0.1, 0.15) is 33.1 Å². The highest BCUT2D eigenvalue weighted by atomic mass is 32.2. The summed E-state index contributed by atoms with van der Waals surface area (Å²) in [6.45, 7) is 4.01. The van der Waals surface area contributed by atoms with E-state index in [-0.39, 0.29) is 11.2 Å². The highest BCUT2D eigenvalue weighted by Crippen LogP contribution is 2.30. The number of hydrogen-bond acceptors (Lipinski definition) is 6. The van der Waals surface area contributed by atoms with Crippen LogP contribution in [0.3, 0.4) is 0 Å². The van der Waals surface area contributed by atoms with Crippen LogP contribution in [-0.4, -0.2) is 39.9 Å². The Morgan fingerprint density at radius 3 is 2.90 bits per heavy atom. The van der Waals surface area contributed by atoms with Gasteiger partial charge in [-0.3, -0.25) is 15.1 Å². The van der Waals surface area contributed by atoms with Gasteiger partial charge in [-0.15, -0.1) is 11.8 Å². The molecular weight excluding hydrogens is 274 g/mol. The zero-order valence-corrected chi connectivity index (χ0v) is 12.9. The van der Waals surface area contributed by atoms with Crippen LogP contribution in [0.4, 0.5) is 0 Å². The molecule has 1 aromatic rings. The van der Waals surface area contributed by atoms with E-state index in [1.807, 2.05) is 6.92 Å². The maximum Gasteiger partial charge on any atom is 0.325 e. The lowest BCUT2D eigenvalue weighted by molar-refractivity contribution is -0.148. The Balaban J connectivity index is 1.97. The SMILES string of the molecule is COC(=O)C(C)(CC(C)Sc1cnccn1)NC1CC1. The molecule has 110 valence electrons. The summed E-state index contributed by atoms with van der Waals surface area (Å²) in [4.78, 5) is 20.4. The molecular formula is C14H21N3O2S. The molecule has 1 saturated carbocycles. The number of hydrogen-bond donors (Lipinski definition) is 1. The molecule has 1 aliphatic carbocycles. The first-order valence-electron chi connectivity index (χ1n) is 6.82. The quantitative estimate of drug-likeness (QED) is 0.613. The number of carbonyl (C=O) groups excluding carboxylic acids is 1. The first kappa shape index (κ1) is 15.3. The molecule has 1 aliphatic rings. The summed E-state index contributed by atoms with van der Waals surface area (Å²) >= 11 is 1.62. The van der Waals surface area contributed by atoms with Gasteiger partial charge in [0.2, 0.25) is 0 Å². The summed E-state index contributed by atoms with van der Waals surface area (Å²) in [5.41, 5.74) is -0.634. The van der Waals surface area contributed by atoms with E-state index in [0.717, 1.165) is 17.9 Å². The Kier molecular flexibility index (Phi) is 4.99. The number of carbonyl (C=O) groups is 1. The van der Waals surface area contributed by atoms with Crippen molar-refractivity contribution in [2.75, 3.05) is 7.11 Å². The molecule has 0 aliphatic heterocycles. The van der Waals surface area contributed by atoms with Gasteiger partial charge in [-0.1, -0.05) is 6.92 Å². The molecule has 0 amide bonds. The van der Waals surface area contributed by atoms with Crippen molar-refractivity contribution in [2.45, 2.75) is 55.0 Å². The van der Waals surface area contributed by atoms with Gasteiger partial charge in [-0.25, -0.2) is 4.98 Å². The van der Waals surface area contributed by atoms with Gasteiger partial charge in [0.15, 0.2) is 0 Å². The van der Waals surface area contributed by atoms with E-state index in [1.54, 1.807) is 30.4 Å². The largest absolute Gasteiger partial charge is 0.468 e. The van der Waals surface area contributed by atoms with Crippen LogP contribution >= 0.6 is 11.8 Å². The minimum absolute atomic E-state index is 0.198. The van der Waals surface area contributed by atoms with Gasteiger partial charge >= 0.3 is 5.97 Å². The number of aromatic nitrogens is 2. The van der Waals surface area contributed by atoms with Gasteiger partial charge in [-0.2, -0.15) is 0 Å². The lowest BCUT2D eigenvalue weighted by atomic mass is 9.96. The summed E-state index contributed by atoms with van der Waals surface area (Å²) in [6.07, 6.45) is 8.04. The lowest BCUT2D eigenvalue weighted by Crippen LogP contribution is -2.52. The van der Waals surface area contributed by atoms with E-state index in [0.29, 0.717) is 12.5 Å². The Morgan fingerprint density at radius 2 is 2.35 bits per heavy atom. The molecule has 0 aromatic carbocycles. The van der Waals surface area contributed by atoms with Crippen LogP contribution < -0.4 is 5.32 Å².